The number of esters is 1. The summed E-state index contributed by atoms with van der Waals surface area (Å²) in [6, 6.07) is 0. The average Bonchev–Trinajstić information content (AvgIpc) is 2.75. The number of hydrogen-bond acceptors (Lipinski definition) is 2. The second-order valence-electron chi connectivity index (χ2n) is 4.26. The first-order chi connectivity index (χ1) is 8.24. The lowest BCUT2D eigenvalue weighted by molar-refractivity contribution is -0.670. The standard InChI is InChI=1S/C13H13N2O2/c1-14-6-7-15(9-14)11-8-10-4-2-3-5-12(10)17-13(11)16/h2-10,12H,1H3/q+1. The zero-order valence-corrected chi connectivity index (χ0v) is 9.48. The Labute approximate surface area is 99.1 Å². The van der Waals surface area contributed by atoms with Gasteiger partial charge < -0.3 is 4.74 Å². The molecule has 3 rings (SSSR count). The van der Waals surface area contributed by atoms with Gasteiger partial charge in [0.05, 0.1) is 7.05 Å². The largest absolute Gasteiger partial charge is 0.451 e. The fraction of sp³-hybridized carbons (Fsp3) is 0.231. The van der Waals surface area contributed by atoms with Crippen LogP contribution in [0.1, 0.15) is 0 Å². The smallest absolute Gasteiger partial charge is 0.379 e. The first-order valence-corrected chi connectivity index (χ1v) is 5.55. The number of carbonyl (C=O) groups excluding carboxylic acids is 1. The molecule has 1 aliphatic carbocycles. The van der Waals surface area contributed by atoms with Crippen LogP contribution in [0.2, 0.25) is 0 Å². The molecule has 1 aromatic rings. The van der Waals surface area contributed by atoms with Gasteiger partial charge in [-0.25, -0.2) is 9.36 Å². The van der Waals surface area contributed by atoms with Gasteiger partial charge in [0.15, 0.2) is 0 Å². The lowest BCUT2D eigenvalue weighted by atomic mass is 9.94. The lowest BCUT2D eigenvalue weighted by Gasteiger charge is -2.25. The molecule has 2 aliphatic rings. The number of aryl methyl sites for hydroxylation is 1. The van der Waals surface area contributed by atoms with Gasteiger partial charge in [-0.05, 0) is 12.2 Å². The molecule has 0 bridgehead atoms. The molecular weight excluding hydrogens is 216 g/mol. The maximum Gasteiger partial charge on any atom is 0.379 e. The quantitative estimate of drug-likeness (QED) is 0.528. The van der Waals surface area contributed by atoms with Crippen molar-refractivity contribution in [2.45, 2.75) is 6.10 Å². The molecule has 4 nitrogen and oxygen atoms in total. The van der Waals surface area contributed by atoms with E-state index < -0.39 is 0 Å². The Hall–Kier alpha value is -2.10. The van der Waals surface area contributed by atoms with E-state index in [0.29, 0.717) is 5.70 Å². The highest BCUT2D eigenvalue weighted by Gasteiger charge is 2.32. The fourth-order valence-corrected chi connectivity index (χ4v) is 2.09. The normalized spacial score (nSPS) is 26.4. The number of imidazole rings is 1. The summed E-state index contributed by atoms with van der Waals surface area (Å²) in [5, 5.41) is 0. The minimum absolute atomic E-state index is 0.139. The molecule has 86 valence electrons. The Kier molecular flexibility index (Phi) is 2.21. The molecule has 0 fully saturated rings. The summed E-state index contributed by atoms with van der Waals surface area (Å²) in [4.78, 5) is 11.9. The summed E-state index contributed by atoms with van der Waals surface area (Å²) < 4.78 is 9.06. The van der Waals surface area contributed by atoms with Crippen LogP contribution in [0.15, 0.2) is 49.1 Å². The van der Waals surface area contributed by atoms with Gasteiger partial charge in [-0.15, -0.1) is 0 Å². The Balaban J connectivity index is 1.99. The van der Waals surface area contributed by atoms with Gasteiger partial charge in [0.2, 0.25) is 12.0 Å². The van der Waals surface area contributed by atoms with Crippen LogP contribution in [0.25, 0.3) is 5.70 Å². The van der Waals surface area contributed by atoms with E-state index in [1.54, 1.807) is 4.57 Å². The number of rotatable bonds is 1. The Morgan fingerprint density at radius 3 is 2.94 bits per heavy atom. The number of hydrogen-bond donors (Lipinski definition) is 0. The second kappa shape index (κ2) is 3.73. The zero-order chi connectivity index (χ0) is 11.8. The van der Waals surface area contributed by atoms with Crippen LogP contribution in [0.4, 0.5) is 0 Å². The Morgan fingerprint density at radius 1 is 1.35 bits per heavy atom. The third kappa shape index (κ3) is 1.71. The topological polar surface area (TPSA) is 35.1 Å². The summed E-state index contributed by atoms with van der Waals surface area (Å²) in [7, 11) is 1.91. The number of aromatic nitrogens is 2. The molecule has 2 atom stereocenters. The van der Waals surface area contributed by atoms with E-state index in [2.05, 4.69) is 0 Å². The zero-order valence-electron chi connectivity index (χ0n) is 9.48. The monoisotopic (exact) mass is 229 g/mol. The summed E-state index contributed by atoms with van der Waals surface area (Å²) in [5.41, 5.74) is 0.576. The van der Waals surface area contributed by atoms with Crippen LogP contribution >= 0.6 is 0 Å². The fourth-order valence-electron chi connectivity index (χ4n) is 2.09. The van der Waals surface area contributed by atoms with Crippen LogP contribution in [0.5, 0.6) is 0 Å². The molecule has 2 heterocycles. The molecule has 0 spiro atoms. The van der Waals surface area contributed by atoms with Crippen molar-refractivity contribution in [3.8, 4) is 0 Å². The van der Waals surface area contributed by atoms with Crippen LogP contribution in [-0.2, 0) is 16.6 Å². The first kappa shape index (κ1) is 10.1. The predicted octanol–water partition coefficient (Wildman–Crippen LogP) is 0.821. The molecule has 4 heteroatoms. The summed E-state index contributed by atoms with van der Waals surface area (Å²) in [5.74, 6) is -0.136. The van der Waals surface area contributed by atoms with Crippen molar-refractivity contribution in [3.05, 3.63) is 49.1 Å². The Morgan fingerprint density at radius 2 is 2.18 bits per heavy atom. The third-order valence-electron chi connectivity index (χ3n) is 2.97. The highest BCUT2D eigenvalue weighted by atomic mass is 16.5. The first-order valence-electron chi connectivity index (χ1n) is 5.55. The summed E-state index contributed by atoms with van der Waals surface area (Å²) >= 11 is 0. The lowest BCUT2D eigenvalue weighted by Crippen LogP contribution is -2.31. The van der Waals surface area contributed by atoms with Crippen molar-refractivity contribution < 1.29 is 14.1 Å². The van der Waals surface area contributed by atoms with E-state index in [1.165, 1.54) is 0 Å². The average molecular weight is 229 g/mol. The van der Waals surface area contributed by atoms with E-state index in [4.69, 9.17) is 4.74 Å². The molecule has 0 amide bonds. The molecular formula is C13H13N2O2+. The van der Waals surface area contributed by atoms with Crippen molar-refractivity contribution in [1.82, 2.24) is 4.57 Å². The van der Waals surface area contributed by atoms with Crippen molar-refractivity contribution in [1.29, 1.82) is 0 Å². The van der Waals surface area contributed by atoms with Gasteiger partial charge in [0, 0.05) is 5.92 Å². The number of fused-ring (bicyclic) bond motifs is 1. The van der Waals surface area contributed by atoms with Crippen molar-refractivity contribution in [3.63, 3.8) is 0 Å². The Bertz CT molecular complexity index is 552. The van der Waals surface area contributed by atoms with Gasteiger partial charge in [0.25, 0.3) is 0 Å². The molecule has 0 aromatic carbocycles. The third-order valence-corrected chi connectivity index (χ3v) is 2.97. The molecule has 1 aliphatic heterocycles. The van der Waals surface area contributed by atoms with E-state index in [1.807, 2.05) is 60.7 Å². The van der Waals surface area contributed by atoms with Gasteiger partial charge in [-0.2, -0.15) is 4.57 Å². The molecule has 1 aromatic heterocycles. The van der Waals surface area contributed by atoms with Crippen molar-refractivity contribution >= 4 is 11.7 Å². The van der Waals surface area contributed by atoms with E-state index in [9.17, 15) is 4.79 Å². The van der Waals surface area contributed by atoms with Crippen molar-refractivity contribution in [2.24, 2.45) is 13.0 Å². The minimum atomic E-state index is -0.276. The maximum absolute atomic E-state index is 11.9. The minimum Gasteiger partial charge on any atom is -0.451 e. The molecule has 17 heavy (non-hydrogen) atoms. The SMILES string of the molecule is C[n+]1ccn(C2=CC3C=CC=CC3OC2=O)c1. The summed E-state index contributed by atoms with van der Waals surface area (Å²) in [6.07, 6.45) is 15.2. The second-order valence-corrected chi connectivity index (χ2v) is 4.26. The van der Waals surface area contributed by atoms with Crippen LogP contribution in [0, 0.1) is 5.92 Å². The number of carbonyl (C=O) groups is 1. The highest BCUT2D eigenvalue weighted by Crippen LogP contribution is 2.26. The molecule has 0 N–H and O–H groups in total. The predicted molar refractivity (Wildman–Crippen MR) is 61.5 cm³/mol. The van der Waals surface area contributed by atoms with Gasteiger partial charge in [-0.1, -0.05) is 18.2 Å². The van der Waals surface area contributed by atoms with Gasteiger partial charge in [0.1, 0.15) is 18.5 Å². The summed E-state index contributed by atoms with van der Waals surface area (Å²) in [6.45, 7) is 0. The molecule has 0 radical (unpaired) electrons. The number of allylic oxidation sites excluding steroid dienone is 2. The van der Waals surface area contributed by atoms with Crippen LogP contribution < -0.4 is 4.57 Å². The molecule has 0 saturated carbocycles. The van der Waals surface area contributed by atoms with E-state index in [0.717, 1.165) is 0 Å². The maximum atomic E-state index is 11.9. The van der Waals surface area contributed by atoms with Crippen molar-refractivity contribution in [2.75, 3.05) is 0 Å². The van der Waals surface area contributed by atoms with Gasteiger partial charge >= 0.3 is 5.97 Å². The molecule has 0 saturated heterocycles. The number of ether oxygens (including phenoxy) is 1. The van der Waals surface area contributed by atoms with Crippen LogP contribution in [0.3, 0.4) is 0 Å². The van der Waals surface area contributed by atoms with E-state index in [-0.39, 0.29) is 18.0 Å². The van der Waals surface area contributed by atoms with E-state index >= 15 is 0 Å². The number of nitrogens with zero attached hydrogens (tertiary/aromatic N) is 2. The van der Waals surface area contributed by atoms with Gasteiger partial charge in [-0.3, -0.25) is 0 Å². The van der Waals surface area contributed by atoms with Crippen LogP contribution in [-0.4, -0.2) is 16.6 Å². The highest BCUT2D eigenvalue weighted by molar-refractivity contribution is 6.10. The molecule has 2 unspecified atom stereocenters.